The highest BCUT2D eigenvalue weighted by molar-refractivity contribution is 5.97. The van der Waals surface area contributed by atoms with E-state index < -0.39 is 12.0 Å². The van der Waals surface area contributed by atoms with E-state index in [1.807, 2.05) is 0 Å². The van der Waals surface area contributed by atoms with Crippen LogP contribution in [0.4, 0.5) is 5.69 Å². The summed E-state index contributed by atoms with van der Waals surface area (Å²) in [6.45, 7) is 5.58. The van der Waals surface area contributed by atoms with E-state index in [9.17, 15) is 9.90 Å². The number of amidine groups is 1. The summed E-state index contributed by atoms with van der Waals surface area (Å²) in [6.07, 6.45) is -0.754. The fourth-order valence-electron chi connectivity index (χ4n) is 1.68. The molecule has 1 unspecified atom stereocenters. The van der Waals surface area contributed by atoms with Crippen LogP contribution in [0.1, 0.15) is 39.2 Å². The highest BCUT2D eigenvalue weighted by Gasteiger charge is 2.15. The molecular weight excluding hydrogens is 298 g/mol. The molecule has 0 aromatic heterocycles. The zero-order chi connectivity index (χ0) is 17.5. The summed E-state index contributed by atoms with van der Waals surface area (Å²) in [5.41, 5.74) is 12.1. The van der Waals surface area contributed by atoms with E-state index in [2.05, 4.69) is 4.99 Å². The number of hydrogen-bond donors (Lipinski definition) is 3. The van der Waals surface area contributed by atoms with E-state index in [0.29, 0.717) is 17.7 Å². The smallest absolute Gasteiger partial charge is 0.306 e. The van der Waals surface area contributed by atoms with Crippen molar-refractivity contribution in [2.24, 2.45) is 10.7 Å². The lowest BCUT2D eigenvalue weighted by Crippen LogP contribution is -2.24. The second kappa shape index (κ2) is 8.50. The number of carbonyl (C=O) groups is 1. The predicted molar refractivity (Wildman–Crippen MR) is 88.6 cm³/mol. The van der Waals surface area contributed by atoms with Gasteiger partial charge in [0.05, 0.1) is 6.61 Å². The molecule has 23 heavy (non-hydrogen) atoms. The molecule has 128 valence electrons. The van der Waals surface area contributed by atoms with Crippen LogP contribution >= 0.6 is 0 Å². The number of aliphatic hydroxyl groups is 1. The molecule has 0 amide bonds. The zero-order valence-corrected chi connectivity index (χ0v) is 13.8. The first-order chi connectivity index (χ1) is 10.7. The number of aliphatic hydroxyl groups excluding tert-OH is 1. The number of nitrogen functional groups attached to an aromatic ring is 1. The predicted octanol–water partition coefficient (Wildman–Crippen LogP) is 1.39. The number of hydrogen-bond acceptors (Lipinski definition) is 6. The van der Waals surface area contributed by atoms with E-state index in [4.69, 9.17) is 20.9 Å². The minimum atomic E-state index is -1.38. The van der Waals surface area contributed by atoms with Crippen molar-refractivity contribution in [2.45, 2.75) is 45.6 Å². The summed E-state index contributed by atoms with van der Waals surface area (Å²) in [7, 11) is 0. The van der Waals surface area contributed by atoms with Gasteiger partial charge in [-0.15, -0.1) is 0 Å². The standard InChI is InChI=1S/C16H25N3O4/c1-16(2,3)23-13(20)5-4-10-22-15(21)19-14(18)11-6-8-12(17)9-7-11/h6-9,15,21H,4-5,10,17H2,1-3H3,(H2,18,19). The van der Waals surface area contributed by atoms with E-state index in [1.165, 1.54) is 0 Å². The van der Waals surface area contributed by atoms with Crippen LogP contribution in [0.25, 0.3) is 0 Å². The maximum Gasteiger partial charge on any atom is 0.306 e. The first kappa shape index (κ1) is 18.9. The number of nitrogens with two attached hydrogens (primary N) is 2. The molecule has 0 fully saturated rings. The molecule has 1 aromatic rings. The molecule has 5 N–H and O–H groups in total. The molecule has 0 aliphatic rings. The van der Waals surface area contributed by atoms with Crippen LogP contribution in [0.3, 0.4) is 0 Å². The quantitative estimate of drug-likeness (QED) is 0.174. The van der Waals surface area contributed by atoms with Gasteiger partial charge in [0, 0.05) is 17.7 Å². The van der Waals surface area contributed by atoms with Crippen molar-refractivity contribution < 1.29 is 19.4 Å². The molecule has 0 bridgehead atoms. The number of carbonyl (C=O) groups excluding carboxylic acids is 1. The van der Waals surface area contributed by atoms with Crippen LogP contribution < -0.4 is 11.5 Å². The van der Waals surface area contributed by atoms with Crippen molar-refractivity contribution in [3.63, 3.8) is 0 Å². The Balaban J connectivity index is 2.33. The van der Waals surface area contributed by atoms with Crippen LogP contribution in [0, 0.1) is 0 Å². The molecular formula is C16H25N3O4. The third kappa shape index (κ3) is 8.18. The summed E-state index contributed by atoms with van der Waals surface area (Å²) in [5, 5.41) is 9.66. The average molecular weight is 323 g/mol. The number of benzene rings is 1. The van der Waals surface area contributed by atoms with Crippen LogP contribution in [0.2, 0.25) is 0 Å². The lowest BCUT2D eigenvalue weighted by molar-refractivity contribution is -0.156. The highest BCUT2D eigenvalue weighted by Crippen LogP contribution is 2.09. The minimum Gasteiger partial charge on any atom is -0.460 e. The van der Waals surface area contributed by atoms with Crippen molar-refractivity contribution in [2.75, 3.05) is 12.3 Å². The Morgan fingerprint density at radius 1 is 1.30 bits per heavy atom. The Hall–Kier alpha value is -2.12. The van der Waals surface area contributed by atoms with E-state index >= 15 is 0 Å². The zero-order valence-electron chi connectivity index (χ0n) is 13.8. The van der Waals surface area contributed by atoms with Gasteiger partial charge in [-0.3, -0.25) is 4.79 Å². The van der Waals surface area contributed by atoms with E-state index in [-0.39, 0.29) is 24.8 Å². The van der Waals surface area contributed by atoms with Crippen molar-refractivity contribution in [3.8, 4) is 0 Å². The Morgan fingerprint density at radius 2 is 1.91 bits per heavy atom. The molecule has 0 aliphatic heterocycles. The normalized spacial score (nSPS) is 13.7. The largest absolute Gasteiger partial charge is 0.460 e. The van der Waals surface area contributed by atoms with Crippen molar-refractivity contribution in [3.05, 3.63) is 29.8 Å². The van der Waals surface area contributed by atoms with Crippen molar-refractivity contribution in [1.29, 1.82) is 0 Å². The van der Waals surface area contributed by atoms with Gasteiger partial charge in [-0.25, -0.2) is 4.99 Å². The SMILES string of the molecule is CC(C)(C)OC(=O)CCCOC(O)N=C(N)c1ccc(N)cc1. The second-order valence-corrected chi connectivity index (χ2v) is 6.02. The van der Waals surface area contributed by atoms with Gasteiger partial charge in [0.15, 0.2) is 0 Å². The van der Waals surface area contributed by atoms with E-state index in [1.54, 1.807) is 45.0 Å². The van der Waals surface area contributed by atoms with Crippen LogP contribution in [0.15, 0.2) is 29.3 Å². The summed E-state index contributed by atoms with van der Waals surface area (Å²) in [4.78, 5) is 15.3. The third-order valence-corrected chi connectivity index (χ3v) is 2.67. The lowest BCUT2D eigenvalue weighted by atomic mass is 10.2. The van der Waals surface area contributed by atoms with Gasteiger partial charge in [0.1, 0.15) is 11.4 Å². The fraction of sp³-hybridized carbons (Fsp3) is 0.500. The number of esters is 1. The van der Waals surface area contributed by atoms with Gasteiger partial charge >= 0.3 is 5.97 Å². The molecule has 1 atom stereocenters. The topological polar surface area (TPSA) is 120 Å². The monoisotopic (exact) mass is 323 g/mol. The molecule has 1 rings (SSSR count). The molecule has 7 heteroatoms. The first-order valence-corrected chi connectivity index (χ1v) is 7.38. The maximum absolute atomic E-state index is 11.5. The summed E-state index contributed by atoms with van der Waals surface area (Å²) < 4.78 is 10.3. The number of nitrogens with zero attached hydrogens (tertiary/aromatic N) is 1. The van der Waals surface area contributed by atoms with Crippen LogP contribution in [0.5, 0.6) is 0 Å². The van der Waals surface area contributed by atoms with Gasteiger partial charge in [0.25, 0.3) is 6.41 Å². The number of anilines is 1. The summed E-state index contributed by atoms with van der Waals surface area (Å²) >= 11 is 0. The highest BCUT2D eigenvalue weighted by atomic mass is 16.6. The van der Waals surface area contributed by atoms with Gasteiger partial charge in [0.2, 0.25) is 0 Å². The first-order valence-electron chi connectivity index (χ1n) is 7.38. The van der Waals surface area contributed by atoms with Gasteiger partial charge in [-0.1, -0.05) is 0 Å². The molecule has 1 aromatic carbocycles. The molecule has 7 nitrogen and oxygen atoms in total. The van der Waals surface area contributed by atoms with Crippen LogP contribution in [-0.2, 0) is 14.3 Å². The van der Waals surface area contributed by atoms with Gasteiger partial charge in [-0.05, 0) is 51.5 Å². The van der Waals surface area contributed by atoms with Gasteiger partial charge in [-0.2, -0.15) is 0 Å². The molecule has 0 saturated carbocycles. The fourth-order valence-corrected chi connectivity index (χ4v) is 1.68. The third-order valence-electron chi connectivity index (χ3n) is 2.67. The molecule has 0 heterocycles. The Kier molecular flexibility index (Phi) is 6.99. The lowest BCUT2D eigenvalue weighted by Gasteiger charge is -2.19. The number of rotatable bonds is 7. The Labute approximate surface area is 136 Å². The molecule has 0 radical (unpaired) electrons. The van der Waals surface area contributed by atoms with Gasteiger partial charge < -0.3 is 26.0 Å². The van der Waals surface area contributed by atoms with Crippen molar-refractivity contribution in [1.82, 2.24) is 0 Å². The molecule has 0 spiro atoms. The Morgan fingerprint density at radius 3 is 2.48 bits per heavy atom. The summed E-state index contributed by atoms with van der Waals surface area (Å²) in [5.74, 6) is -0.162. The minimum absolute atomic E-state index is 0.143. The van der Waals surface area contributed by atoms with Crippen LogP contribution in [-0.4, -0.2) is 35.5 Å². The number of aliphatic imine (C=N–C) groups is 1. The summed E-state index contributed by atoms with van der Waals surface area (Å²) in [6, 6.07) is 6.77. The maximum atomic E-state index is 11.5. The van der Waals surface area contributed by atoms with E-state index in [0.717, 1.165) is 0 Å². The van der Waals surface area contributed by atoms with Crippen molar-refractivity contribution >= 4 is 17.5 Å². The second-order valence-electron chi connectivity index (χ2n) is 6.02. The number of ether oxygens (including phenoxy) is 2. The Bertz CT molecular complexity index is 535. The molecule has 0 saturated heterocycles. The molecule has 0 aliphatic carbocycles. The average Bonchev–Trinajstić information content (AvgIpc) is 2.42.